The molecule has 0 saturated carbocycles. The molecule has 0 aromatic heterocycles. The number of carbonyl (C=O) groups excluding carboxylic acids is 1. The zero-order chi connectivity index (χ0) is 13.6. The van der Waals surface area contributed by atoms with Gasteiger partial charge in [-0.3, -0.25) is 9.59 Å². The largest absolute Gasteiger partial charge is 0.480 e. The first-order valence-electron chi connectivity index (χ1n) is 5.15. The van der Waals surface area contributed by atoms with Crippen LogP contribution in [0.3, 0.4) is 0 Å². The van der Waals surface area contributed by atoms with Crippen molar-refractivity contribution in [1.82, 2.24) is 4.72 Å². The van der Waals surface area contributed by atoms with Crippen molar-refractivity contribution >= 4 is 21.9 Å². The number of carbonyl (C=O) groups is 2. The van der Waals surface area contributed by atoms with Gasteiger partial charge in [0.05, 0.1) is 5.75 Å². The number of hydrogen-bond acceptors (Lipinski definition) is 4. The van der Waals surface area contributed by atoms with Crippen molar-refractivity contribution in [2.45, 2.75) is 32.7 Å². The number of hydrogen-bond donors (Lipinski definition) is 3. The molecule has 0 radical (unpaired) electrons. The molecule has 0 aliphatic carbocycles. The van der Waals surface area contributed by atoms with Gasteiger partial charge in [0.25, 0.3) is 0 Å². The van der Waals surface area contributed by atoms with Crippen LogP contribution in [0.4, 0.5) is 0 Å². The van der Waals surface area contributed by atoms with Gasteiger partial charge < -0.3 is 10.8 Å². The van der Waals surface area contributed by atoms with E-state index in [0.717, 1.165) is 0 Å². The standard InChI is InChI=1S/C9H18N2O5S/c1-6(2)5-17(15,16)11-7(9(13)14)3-4-8(10)12/h6-7,11H,3-5H2,1-2H3,(H2,10,12)(H,13,14)/t7-/m1/s1. The summed E-state index contributed by atoms with van der Waals surface area (Å²) in [6, 6.07) is -1.31. The molecule has 0 rings (SSSR count). The van der Waals surface area contributed by atoms with Crippen molar-refractivity contribution < 1.29 is 23.1 Å². The number of carboxylic acid groups (broad SMARTS) is 1. The van der Waals surface area contributed by atoms with E-state index in [4.69, 9.17) is 10.8 Å². The molecule has 0 saturated heterocycles. The minimum absolute atomic E-state index is 0.113. The molecule has 0 spiro atoms. The summed E-state index contributed by atoms with van der Waals surface area (Å²) in [4.78, 5) is 21.3. The summed E-state index contributed by atoms with van der Waals surface area (Å²) in [7, 11) is -3.66. The summed E-state index contributed by atoms with van der Waals surface area (Å²) < 4.78 is 25.1. The van der Waals surface area contributed by atoms with E-state index in [0.29, 0.717) is 0 Å². The predicted molar refractivity (Wildman–Crippen MR) is 61.6 cm³/mol. The van der Waals surface area contributed by atoms with Crippen LogP contribution in [0.15, 0.2) is 0 Å². The molecule has 8 heteroatoms. The Bertz CT molecular complexity index is 377. The molecule has 0 bridgehead atoms. The van der Waals surface area contributed by atoms with Gasteiger partial charge >= 0.3 is 5.97 Å². The zero-order valence-corrected chi connectivity index (χ0v) is 10.7. The zero-order valence-electron chi connectivity index (χ0n) is 9.84. The SMILES string of the molecule is CC(C)CS(=O)(=O)N[C@H](CCC(N)=O)C(=O)O. The summed E-state index contributed by atoms with van der Waals surface area (Å²) in [5.41, 5.74) is 4.88. The lowest BCUT2D eigenvalue weighted by Gasteiger charge is -2.15. The molecular weight excluding hydrogens is 248 g/mol. The lowest BCUT2D eigenvalue weighted by Crippen LogP contribution is -2.43. The third-order valence-corrected chi connectivity index (χ3v) is 3.60. The maximum absolute atomic E-state index is 11.5. The van der Waals surface area contributed by atoms with E-state index in [2.05, 4.69) is 0 Å². The fraction of sp³-hybridized carbons (Fsp3) is 0.778. The van der Waals surface area contributed by atoms with E-state index < -0.39 is 27.9 Å². The summed E-state index contributed by atoms with van der Waals surface area (Å²) in [5.74, 6) is -2.26. The smallest absolute Gasteiger partial charge is 0.321 e. The topological polar surface area (TPSA) is 127 Å². The molecule has 1 atom stereocenters. The number of nitrogens with one attached hydrogen (secondary N) is 1. The Kier molecular flexibility index (Phi) is 6.11. The Morgan fingerprint density at radius 1 is 1.35 bits per heavy atom. The Morgan fingerprint density at radius 3 is 2.24 bits per heavy atom. The van der Waals surface area contributed by atoms with Gasteiger partial charge in [0.2, 0.25) is 15.9 Å². The Labute approximate surface area is 100 Å². The van der Waals surface area contributed by atoms with Gasteiger partial charge in [-0.05, 0) is 12.3 Å². The molecule has 0 aromatic rings. The van der Waals surface area contributed by atoms with Crippen molar-refractivity contribution in [2.24, 2.45) is 11.7 Å². The second kappa shape index (κ2) is 6.55. The maximum atomic E-state index is 11.5. The van der Waals surface area contributed by atoms with Crippen LogP contribution in [-0.4, -0.2) is 37.2 Å². The van der Waals surface area contributed by atoms with Crippen LogP contribution in [-0.2, 0) is 19.6 Å². The van der Waals surface area contributed by atoms with E-state index >= 15 is 0 Å². The third kappa shape index (κ3) is 7.70. The van der Waals surface area contributed by atoms with Crippen LogP contribution in [0.2, 0.25) is 0 Å². The van der Waals surface area contributed by atoms with Gasteiger partial charge in [-0.2, -0.15) is 0 Å². The Balaban J connectivity index is 4.54. The highest BCUT2D eigenvalue weighted by atomic mass is 32.2. The number of amides is 1. The molecule has 4 N–H and O–H groups in total. The Hall–Kier alpha value is -1.15. The van der Waals surface area contributed by atoms with Crippen molar-refractivity contribution in [3.05, 3.63) is 0 Å². The quantitative estimate of drug-likeness (QED) is 0.534. The van der Waals surface area contributed by atoms with E-state index in [1.807, 2.05) is 4.72 Å². The highest BCUT2D eigenvalue weighted by molar-refractivity contribution is 7.89. The molecule has 0 fully saturated rings. The average molecular weight is 266 g/mol. The fourth-order valence-corrected chi connectivity index (χ4v) is 2.85. The minimum atomic E-state index is -3.66. The molecule has 0 heterocycles. The predicted octanol–water partition coefficient (Wildman–Crippen LogP) is -0.719. The van der Waals surface area contributed by atoms with E-state index in [1.165, 1.54) is 0 Å². The van der Waals surface area contributed by atoms with Crippen LogP contribution in [0.5, 0.6) is 0 Å². The maximum Gasteiger partial charge on any atom is 0.321 e. The van der Waals surface area contributed by atoms with Gasteiger partial charge in [0.1, 0.15) is 6.04 Å². The number of nitrogens with two attached hydrogens (primary N) is 1. The number of aliphatic carboxylic acids is 1. The summed E-state index contributed by atoms with van der Waals surface area (Å²) in [5, 5.41) is 8.80. The molecule has 0 unspecified atom stereocenters. The molecule has 0 aromatic carbocycles. The number of rotatable bonds is 8. The van der Waals surface area contributed by atoms with Gasteiger partial charge in [-0.1, -0.05) is 13.8 Å². The van der Waals surface area contributed by atoms with Gasteiger partial charge in [0, 0.05) is 6.42 Å². The molecule has 7 nitrogen and oxygen atoms in total. The first-order valence-corrected chi connectivity index (χ1v) is 6.80. The second-order valence-electron chi connectivity index (χ2n) is 4.19. The van der Waals surface area contributed by atoms with Crippen molar-refractivity contribution in [3.63, 3.8) is 0 Å². The van der Waals surface area contributed by atoms with Gasteiger partial charge in [-0.15, -0.1) is 0 Å². The molecule has 17 heavy (non-hydrogen) atoms. The number of sulfonamides is 1. The normalized spacial score (nSPS) is 13.6. The lowest BCUT2D eigenvalue weighted by atomic mass is 10.2. The fourth-order valence-electron chi connectivity index (χ4n) is 1.22. The van der Waals surface area contributed by atoms with Crippen LogP contribution >= 0.6 is 0 Å². The highest BCUT2D eigenvalue weighted by Gasteiger charge is 2.24. The van der Waals surface area contributed by atoms with Crippen molar-refractivity contribution in [1.29, 1.82) is 0 Å². The molecule has 100 valence electrons. The Morgan fingerprint density at radius 2 is 1.88 bits per heavy atom. The highest BCUT2D eigenvalue weighted by Crippen LogP contribution is 2.03. The van der Waals surface area contributed by atoms with Gasteiger partial charge in [-0.25, -0.2) is 13.1 Å². The molecule has 0 aliphatic rings. The summed E-state index contributed by atoms with van der Waals surface area (Å²) in [6.45, 7) is 3.41. The van der Waals surface area contributed by atoms with E-state index in [9.17, 15) is 18.0 Å². The number of carboxylic acids is 1. The molecule has 1 amide bonds. The van der Waals surface area contributed by atoms with Crippen LogP contribution < -0.4 is 10.5 Å². The van der Waals surface area contributed by atoms with E-state index in [-0.39, 0.29) is 24.5 Å². The lowest BCUT2D eigenvalue weighted by molar-refractivity contribution is -0.139. The van der Waals surface area contributed by atoms with Crippen molar-refractivity contribution in [2.75, 3.05) is 5.75 Å². The summed E-state index contributed by atoms with van der Waals surface area (Å²) >= 11 is 0. The molecular formula is C9H18N2O5S. The summed E-state index contributed by atoms with van der Waals surface area (Å²) in [6.07, 6.45) is -0.330. The second-order valence-corrected chi connectivity index (χ2v) is 5.99. The molecule has 0 aliphatic heterocycles. The minimum Gasteiger partial charge on any atom is -0.480 e. The van der Waals surface area contributed by atoms with Gasteiger partial charge in [0.15, 0.2) is 0 Å². The third-order valence-electron chi connectivity index (χ3n) is 1.85. The van der Waals surface area contributed by atoms with Crippen LogP contribution in [0.1, 0.15) is 26.7 Å². The first kappa shape index (κ1) is 15.9. The van der Waals surface area contributed by atoms with E-state index in [1.54, 1.807) is 13.8 Å². The monoisotopic (exact) mass is 266 g/mol. The average Bonchev–Trinajstić information content (AvgIpc) is 2.09. The van der Waals surface area contributed by atoms with Crippen molar-refractivity contribution in [3.8, 4) is 0 Å². The van der Waals surface area contributed by atoms with Crippen LogP contribution in [0.25, 0.3) is 0 Å². The first-order chi connectivity index (χ1) is 7.64. The number of primary amides is 1. The van der Waals surface area contributed by atoms with Crippen LogP contribution in [0, 0.1) is 5.92 Å².